The normalized spacial score (nSPS) is 10.9. The van der Waals surface area contributed by atoms with E-state index in [2.05, 4.69) is 37.1 Å². The summed E-state index contributed by atoms with van der Waals surface area (Å²) in [5, 5.41) is 3.36. The molecule has 0 aromatic carbocycles. The molecule has 2 aromatic heterocycles. The van der Waals surface area contributed by atoms with Crippen LogP contribution in [0.5, 0.6) is 5.75 Å². The zero-order valence-corrected chi connectivity index (χ0v) is 14.1. The topological polar surface area (TPSA) is 34.1 Å². The molecule has 2 aromatic rings. The molecule has 0 bridgehead atoms. The molecule has 0 amide bonds. The Labute approximate surface area is 131 Å². The highest BCUT2D eigenvalue weighted by Crippen LogP contribution is 2.24. The summed E-state index contributed by atoms with van der Waals surface area (Å²) in [6.07, 6.45) is 0.894. The predicted molar refractivity (Wildman–Crippen MR) is 89.1 cm³/mol. The van der Waals surface area contributed by atoms with Crippen LogP contribution in [-0.4, -0.2) is 11.5 Å². The molecule has 114 valence electrons. The third kappa shape index (κ3) is 4.29. The van der Waals surface area contributed by atoms with Gasteiger partial charge in [0.25, 0.3) is 0 Å². The van der Waals surface area contributed by atoms with E-state index in [4.69, 9.17) is 4.74 Å². The van der Waals surface area contributed by atoms with Crippen molar-refractivity contribution in [2.75, 3.05) is 6.54 Å². The Morgan fingerprint density at radius 3 is 2.76 bits per heavy atom. The minimum Gasteiger partial charge on any atom is -0.487 e. The Bertz CT molecular complexity index is 592. The number of aromatic nitrogens is 1. The maximum atomic E-state index is 5.99. The van der Waals surface area contributed by atoms with Gasteiger partial charge >= 0.3 is 0 Å². The molecule has 0 saturated heterocycles. The fourth-order valence-corrected chi connectivity index (χ4v) is 3.22. The van der Waals surface area contributed by atoms with Crippen LogP contribution < -0.4 is 10.1 Å². The lowest BCUT2D eigenvalue weighted by Crippen LogP contribution is -2.10. The molecule has 0 radical (unpaired) electrons. The number of hydrogen-bond acceptors (Lipinski definition) is 4. The highest BCUT2D eigenvalue weighted by atomic mass is 32.1. The Morgan fingerprint density at radius 1 is 1.24 bits per heavy atom. The Morgan fingerprint density at radius 2 is 2.05 bits per heavy atom. The summed E-state index contributed by atoms with van der Waals surface area (Å²) in [6.45, 7) is 11.0. The van der Waals surface area contributed by atoms with E-state index in [-0.39, 0.29) is 0 Å². The van der Waals surface area contributed by atoms with Crippen molar-refractivity contribution in [3.8, 4) is 5.75 Å². The first-order chi connectivity index (χ1) is 10.1. The number of rotatable bonds is 7. The van der Waals surface area contributed by atoms with Crippen LogP contribution in [0.4, 0.5) is 0 Å². The Hall–Kier alpha value is -1.39. The summed E-state index contributed by atoms with van der Waals surface area (Å²) in [6, 6.07) is 6.28. The maximum Gasteiger partial charge on any atom is 0.141 e. The zero-order valence-electron chi connectivity index (χ0n) is 13.3. The Balaban J connectivity index is 2.04. The molecule has 0 aliphatic rings. The first-order valence-corrected chi connectivity index (χ1v) is 8.33. The van der Waals surface area contributed by atoms with E-state index < -0.39 is 0 Å². The minimum atomic E-state index is 0.617. The van der Waals surface area contributed by atoms with Crippen molar-refractivity contribution >= 4 is 11.3 Å². The average molecular weight is 304 g/mol. The molecule has 0 fully saturated rings. The van der Waals surface area contributed by atoms with Crippen molar-refractivity contribution in [1.29, 1.82) is 0 Å². The summed E-state index contributed by atoms with van der Waals surface area (Å²) in [4.78, 5) is 7.24. The molecule has 0 aliphatic carbocycles. The van der Waals surface area contributed by atoms with Crippen LogP contribution >= 0.6 is 11.3 Å². The fraction of sp³-hybridized carbons (Fsp3) is 0.471. The van der Waals surface area contributed by atoms with Gasteiger partial charge in [0.2, 0.25) is 0 Å². The fourth-order valence-electron chi connectivity index (χ4n) is 2.20. The molecule has 0 unspecified atom stereocenters. The average Bonchev–Trinajstić information content (AvgIpc) is 2.84. The molecular formula is C17H24N2OS. The lowest BCUT2D eigenvalue weighted by atomic mass is 10.2. The van der Waals surface area contributed by atoms with E-state index >= 15 is 0 Å². The Kier molecular flexibility index (Phi) is 5.76. The van der Waals surface area contributed by atoms with Crippen LogP contribution in [0.15, 0.2) is 18.2 Å². The standard InChI is InChI=1S/C17H24N2OS/c1-5-16-17(8-7-12(3)19-16)20-11-14-9-15(10-18-6-2)21-13(14)4/h7-9,18H,5-6,10-11H2,1-4H3. The largest absolute Gasteiger partial charge is 0.487 e. The SMILES string of the molecule is CCNCc1cc(COc2ccc(C)nc2CC)c(C)s1. The van der Waals surface area contributed by atoms with Gasteiger partial charge in [-0.25, -0.2) is 0 Å². The van der Waals surface area contributed by atoms with Crippen molar-refractivity contribution in [3.63, 3.8) is 0 Å². The van der Waals surface area contributed by atoms with Gasteiger partial charge in [0.1, 0.15) is 12.4 Å². The number of ether oxygens (including phenoxy) is 1. The van der Waals surface area contributed by atoms with E-state index in [0.29, 0.717) is 6.61 Å². The number of thiophene rings is 1. The second kappa shape index (κ2) is 7.57. The van der Waals surface area contributed by atoms with Crippen molar-refractivity contribution in [1.82, 2.24) is 10.3 Å². The molecule has 2 rings (SSSR count). The molecule has 2 heterocycles. The van der Waals surface area contributed by atoms with E-state index in [9.17, 15) is 0 Å². The zero-order chi connectivity index (χ0) is 15.2. The first-order valence-electron chi connectivity index (χ1n) is 7.52. The van der Waals surface area contributed by atoms with E-state index in [0.717, 1.165) is 36.6 Å². The van der Waals surface area contributed by atoms with Crippen LogP contribution in [-0.2, 0) is 19.6 Å². The first kappa shape index (κ1) is 16.0. The quantitative estimate of drug-likeness (QED) is 0.839. The highest BCUT2D eigenvalue weighted by Gasteiger charge is 2.08. The molecule has 0 aliphatic heterocycles. The molecule has 0 spiro atoms. The molecule has 0 atom stereocenters. The van der Waals surface area contributed by atoms with E-state index in [1.165, 1.54) is 15.3 Å². The smallest absolute Gasteiger partial charge is 0.141 e. The maximum absolute atomic E-state index is 5.99. The monoisotopic (exact) mass is 304 g/mol. The summed E-state index contributed by atoms with van der Waals surface area (Å²) in [5.41, 5.74) is 3.35. The van der Waals surface area contributed by atoms with Crippen molar-refractivity contribution in [2.45, 2.75) is 47.3 Å². The van der Waals surface area contributed by atoms with Crippen molar-refractivity contribution in [3.05, 3.63) is 44.9 Å². The summed E-state index contributed by atoms with van der Waals surface area (Å²) in [5.74, 6) is 0.905. The van der Waals surface area contributed by atoms with Gasteiger partial charge in [-0.05, 0) is 45.0 Å². The van der Waals surface area contributed by atoms with Gasteiger partial charge < -0.3 is 10.1 Å². The van der Waals surface area contributed by atoms with Crippen molar-refractivity contribution in [2.24, 2.45) is 0 Å². The third-order valence-electron chi connectivity index (χ3n) is 3.41. The molecule has 0 saturated carbocycles. The molecule has 1 N–H and O–H groups in total. The molecule has 4 heteroatoms. The number of nitrogens with zero attached hydrogens (tertiary/aromatic N) is 1. The number of nitrogens with one attached hydrogen (secondary N) is 1. The van der Waals surface area contributed by atoms with Crippen LogP contribution in [0, 0.1) is 13.8 Å². The van der Waals surface area contributed by atoms with Gasteiger partial charge in [0.05, 0.1) is 5.69 Å². The van der Waals surface area contributed by atoms with Crippen LogP contribution in [0.1, 0.15) is 40.6 Å². The van der Waals surface area contributed by atoms with Gasteiger partial charge in [0.15, 0.2) is 0 Å². The van der Waals surface area contributed by atoms with Gasteiger partial charge in [-0.3, -0.25) is 4.98 Å². The summed E-state index contributed by atoms with van der Waals surface area (Å²) in [7, 11) is 0. The number of hydrogen-bond donors (Lipinski definition) is 1. The van der Waals surface area contributed by atoms with Gasteiger partial charge in [-0.15, -0.1) is 11.3 Å². The third-order valence-corrected chi connectivity index (χ3v) is 4.50. The molecule has 3 nitrogen and oxygen atoms in total. The summed E-state index contributed by atoms with van der Waals surface area (Å²) < 4.78 is 5.99. The van der Waals surface area contributed by atoms with Gasteiger partial charge in [0, 0.05) is 27.6 Å². The summed E-state index contributed by atoms with van der Waals surface area (Å²) >= 11 is 1.84. The van der Waals surface area contributed by atoms with Crippen molar-refractivity contribution < 1.29 is 4.74 Å². The second-order valence-corrected chi connectivity index (χ2v) is 6.46. The van der Waals surface area contributed by atoms with E-state index in [1.54, 1.807) is 0 Å². The predicted octanol–water partition coefficient (Wildman–Crippen LogP) is 4.01. The number of pyridine rings is 1. The molecular weight excluding hydrogens is 280 g/mol. The minimum absolute atomic E-state index is 0.617. The van der Waals surface area contributed by atoms with Gasteiger partial charge in [-0.1, -0.05) is 13.8 Å². The molecule has 21 heavy (non-hydrogen) atoms. The lowest BCUT2D eigenvalue weighted by Gasteiger charge is -2.10. The number of aryl methyl sites for hydroxylation is 3. The van der Waals surface area contributed by atoms with Crippen LogP contribution in [0.25, 0.3) is 0 Å². The van der Waals surface area contributed by atoms with E-state index in [1.807, 2.05) is 30.4 Å². The van der Waals surface area contributed by atoms with Crippen LogP contribution in [0.2, 0.25) is 0 Å². The van der Waals surface area contributed by atoms with Crippen LogP contribution in [0.3, 0.4) is 0 Å². The highest BCUT2D eigenvalue weighted by molar-refractivity contribution is 7.12. The van der Waals surface area contributed by atoms with Gasteiger partial charge in [-0.2, -0.15) is 0 Å². The lowest BCUT2D eigenvalue weighted by molar-refractivity contribution is 0.301. The second-order valence-electron chi connectivity index (χ2n) is 5.11.